The number of halogens is 4. The van der Waals surface area contributed by atoms with E-state index in [9.17, 15) is 32.3 Å². The Morgan fingerprint density at radius 2 is 1.75 bits per heavy atom. The Kier molecular flexibility index (Phi) is 10.7. The van der Waals surface area contributed by atoms with Crippen LogP contribution in [0.4, 0.5) is 23.2 Å². The molecule has 3 aliphatic rings. The van der Waals surface area contributed by atoms with E-state index in [2.05, 4.69) is 25.7 Å². The lowest BCUT2D eigenvalue weighted by Crippen LogP contribution is -2.51. The summed E-state index contributed by atoms with van der Waals surface area (Å²) in [6.07, 6.45) is -0.226. The molecule has 1 atom stereocenters. The summed E-state index contributed by atoms with van der Waals surface area (Å²) in [4.78, 5) is 55.2. The number of anilines is 1. The van der Waals surface area contributed by atoms with Gasteiger partial charge >= 0.3 is 6.18 Å². The molecule has 0 aliphatic carbocycles. The molecule has 3 saturated heterocycles. The Morgan fingerprint density at radius 3 is 2.44 bits per heavy atom. The molecular formula is C38H42F4N8O5. The second-order valence-corrected chi connectivity index (χ2v) is 14.4. The molecule has 13 nitrogen and oxygen atoms in total. The number of piperazine rings is 1. The number of imide groups is 1. The first-order valence-electron chi connectivity index (χ1n) is 18.2. The predicted octanol–water partition coefficient (Wildman–Crippen LogP) is 3.84. The van der Waals surface area contributed by atoms with E-state index in [1.165, 1.54) is 36.1 Å². The molecule has 17 heteroatoms. The van der Waals surface area contributed by atoms with Crippen molar-refractivity contribution in [3.63, 3.8) is 0 Å². The lowest BCUT2D eigenvalue weighted by molar-refractivity contribution is -0.138. The number of aryl methyl sites for hydroxylation is 1. The number of rotatable bonds is 9. The van der Waals surface area contributed by atoms with E-state index in [-0.39, 0.29) is 54.6 Å². The average molecular weight is 767 g/mol. The van der Waals surface area contributed by atoms with Crippen molar-refractivity contribution in [1.29, 1.82) is 0 Å². The van der Waals surface area contributed by atoms with Gasteiger partial charge in [-0.15, -0.1) is 0 Å². The van der Waals surface area contributed by atoms with Gasteiger partial charge < -0.3 is 19.5 Å². The fraction of sp³-hybridized carbons (Fsp3) is 0.447. The van der Waals surface area contributed by atoms with Crippen LogP contribution in [0.15, 0.2) is 47.5 Å². The minimum absolute atomic E-state index is 0.0612. The van der Waals surface area contributed by atoms with E-state index in [0.29, 0.717) is 85.5 Å². The third-order valence-corrected chi connectivity index (χ3v) is 10.9. The number of piperidine rings is 2. The van der Waals surface area contributed by atoms with E-state index in [1.807, 2.05) is 4.90 Å². The first-order valence-corrected chi connectivity index (χ1v) is 18.2. The van der Waals surface area contributed by atoms with Crippen LogP contribution in [-0.2, 0) is 34.2 Å². The molecule has 3 fully saturated rings. The van der Waals surface area contributed by atoms with Crippen LogP contribution < -0.4 is 20.9 Å². The number of ether oxygens (including phenoxy) is 1. The van der Waals surface area contributed by atoms with Crippen molar-refractivity contribution in [3.8, 4) is 16.9 Å². The van der Waals surface area contributed by atoms with Crippen LogP contribution >= 0.6 is 0 Å². The van der Waals surface area contributed by atoms with Crippen LogP contribution in [0.2, 0.25) is 0 Å². The number of nitrogens with zero attached hydrogens (tertiary/aromatic N) is 5. The molecule has 7 rings (SSSR count). The molecule has 0 spiro atoms. The van der Waals surface area contributed by atoms with Gasteiger partial charge in [-0.05, 0) is 73.7 Å². The molecule has 3 amide bonds. The van der Waals surface area contributed by atoms with Crippen LogP contribution in [0.1, 0.15) is 48.3 Å². The number of benzene rings is 2. The van der Waals surface area contributed by atoms with E-state index in [4.69, 9.17) is 4.74 Å². The van der Waals surface area contributed by atoms with Gasteiger partial charge in [0.1, 0.15) is 23.1 Å². The summed E-state index contributed by atoms with van der Waals surface area (Å²) in [6, 6.07) is 6.40. The highest BCUT2D eigenvalue weighted by Gasteiger charge is 2.37. The van der Waals surface area contributed by atoms with E-state index < -0.39 is 35.4 Å². The van der Waals surface area contributed by atoms with Gasteiger partial charge in [0.2, 0.25) is 17.7 Å². The lowest BCUT2D eigenvalue weighted by Gasteiger charge is -2.37. The van der Waals surface area contributed by atoms with Gasteiger partial charge in [-0.2, -0.15) is 18.3 Å². The minimum Gasteiger partial charge on any atom is -0.496 e. The lowest BCUT2D eigenvalue weighted by atomic mass is 9.86. The summed E-state index contributed by atoms with van der Waals surface area (Å²) in [5, 5.41) is 12.3. The van der Waals surface area contributed by atoms with E-state index in [0.717, 1.165) is 6.07 Å². The van der Waals surface area contributed by atoms with Crippen molar-refractivity contribution < 1.29 is 36.7 Å². The van der Waals surface area contributed by atoms with E-state index in [1.54, 1.807) is 24.2 Å². The molecule has 3 aliphatic heterocycles. The summed E-state index contributed by atoms with van der Waals surface area (Å²) in [7, 11) is 3.09. The number of alkyl halides is 3. The number of likely N-dealkylation sites (tertiary alicyclic amines) is 1. The second-order valence-electron chi connectivity index (χ2n) is 14.4. The summed E-state index contributed by atoms with van der Waals surface area (Å²) in [6.45, 7) is 3.28. The summed E-state index contributed by atoms with van der Waals surface area (Å²) in [5.41, 5.74) is 1.23. The highest BCUT2D eigenvalue weighted by atomic mass is 19.4. The zero-order chi connectivity index (χ0) is 39.0. The minimum atomic E-state index is -4.61. The molecule has 0 bridgehead atoms. The van der Waals surface area contributed by atoms with Crippen molar-refractivity contribution in [2.45, 2.75) is 50.4 Å². The number of fused-ring (bicyclic) bond motifs is 1. The maximum absolute atomic E-state index is 15.7. The van der Waals surface area contributed by atoms with Gasteiger partial charge in [-0.25, -0.2) is 4.39 Å². The molecule has 4 aromatic rings. The van der Waals surface area contributed by atoms with Gasteiger partial charge in [-0.1, -0.05) is 6.07 Å². The zero-order valence-corrected chi connectivity index (χ0v) is 30.5. The van der Waals surface area contributed by atoms with Crippen LogP contribution in [-0.4, -0.2) is 106 Å². The summed E-state index contributed by atoms with van der Waals surface area (Å²) in [5.74, 6) is -1.47. The number of aromatic nitrogens is 3. The third kappa shape index (κ3) is 8.08. The number of methoxy groups -OCH3 is 1. The van der Waals surface area contributed by atoms with Crippen LogP contribution in [0.25, 0.3) is 22.0 Å². The van der Waals surface area contributed by atoms with Crippen molar-refractivity contribution in [3.05, 3.63) is 75.6 Å². The molecule has 0 saturated carbocycles. The standard InChI is InChI=1S/C38H42F4N8O5/c1-47-19-27(26-18-43-46-35(26)37(47)54)23-15-30(39)28(32(16-23)55-2)20-49-11-13-50(14-12-49)34(52)21-48-9-7-22(8-10-48)25-4-3-24(17-29(25)38(40,41)42)44-31-5-6-33(51)45-36(31)53/h3-4,15-19,22,31,44H,5-14,20-21H2,1-2H3,(H,43,46)(H,45,51,53). The fourth-order valence-corrected chi connectivity index (χ4v) is 7.84. The second kappa shape index (κ2) is 15.5. The monoisotopic (exact) mass is 766 g/mol. The predicted molar refractivity (Wildman–Crippen MR) is 195 cm³/mol. The first-order chi connectivity index (χ1) is 26.3. The Morgan fingerprint density at radius 1 is 1.00 bits per heavy atom. The number of carbonyl (C=O) groups excluding carboxylic acids is 3. The maximum Gasteiger partial charge on any atom is 0.416 e. The van der Waals surface area contributed by atoms with Gasteiger partial charge in [0.25, 0.3) is 5.56 Å². The molecular weight excluding hydrogens is 724 g/mol. The number of pyridine rings is 1. The topological polar surface area (TPSA) is 145 Å². The molecule has 2 aromatic carbocycles. The van der Waals surface area contributed by atoms with Crippen molar-refractivity contribution in [1.82, 2.24) is 34.8 Å². The number of hydrogen-bond donors (Lipinski definition) is 3. The van der Waals surface area contributed by atoms with Crippen molar-refractivity contribution in [2.75, 3.05) is 58.2 Å². The fourth-order valence-electron chi connectivity index (χ4n) is 7.84. The van der Waals surface area contributed by atoms with Gasteiger partial charge in [0.15, 0.2) is 0 Å². The number of H-pyrrole nitrogens is 1. The molecule has 292 valence electrons. The molecule has 2 aromatic heterocycles. The molecule has 3 N–H and O–H groups in total. The average Bonchev–Trinajstić information content (AvgIpc) is 3.66. The summed E-state index contributed by atoms with van der Waals surface area (Å²) < 4.78 is 65.4. The Hall–Kier alpha value is -5.29. The number of amides is 3. The Bertz CT molecular complexity index is 2170. The van der Waals surface area contributed by atoms with Crippen LogP contribution in [0.5, 0.6) is 5.75 Å². The van der Waals surface area contributed by atoms with Crippen molar-refractivity contribution in [2.24, 2.45) is 7.05 Å². The maximum atomic E-state index is 15.7. The van der Waals surface area contributed by atoms with Gasteiger partial charge in [0.05, 0.1) is 25.4 Å². The number of aromatic amines is 1. The molecule has 55 heavy (non-hydrogen) atoms. The molecule has 5 heterocycles. The van der Waals surface area contributed by atoms with Crippen molar-refractivity contribution >= 4 is 34.3 Å². The Balaban J connectivity index is 0.924. The zero-order valence-electron chi connectivity index (χ0n) is 30.5. The molecule has 0 radical (unpaired) electrons. The largest absolute Gasteiger partial charge is 0.496 e. The molecule has 1 unspecified atom stereocenters. The number of hydrogen-bond acceptors (Lipinski definition) is 9. The number of nitrogens with one attached hydrogen (secondary N) is 3. The normalized spacial score (nSPS) is 19.2. The first kappa shape index (κ1) is 38.0. The number of carbonyl (C=O) groups is 3. The quantitative estimate of drug-likeness (QED) is 0.171. The van der Waals surface area contributed by atoms with Gasteiger partial charge in [0, 0.05) is 74.6 Å². The smallest absolute Gasteiger partial charge is 0.416 e. The van der Waals surface area contributed by atoms with Crippen LogP contribution in [0.3, 0.4) is 0 Å². The van der Waals surface area contributed by atoms with E-state index >= 15 is 4.39 Å². The third-order valence-electron chi connectivity index (χ3n) is 10.9. The highest BCUT2D eigenvalue weighted by molar-refractivity contribution is 6.01. The highest BCUT2D eigenvalue weighted by Crippen LogP contribution is 2.40. The summed E-state index contributed by atoms with van der Waals surface area (Å²) >= 11 is 0. The van der Waals surface area contributed by atoms with Crippen LogP contribution in [0, 0.1) is 5.82 Å². The SMILES string of the molecule is COc1cc(-c2cn(C)c(=O)c3[nH]ncc23)cc(F)c1CN1CCN(C(=O)CN2CCC(c3ccc(NC4CCC(=O)NC4=O)cc3C(F)(F)F)CC2)CC1. The Labute approximate surface area is 313 Å². The van der Waals surface area contributed by atoms with Gasteiger partial charge in [-0.3, -0.25) is 39.4 Å².